The van der Waals surface area contributed by atoms with Gasteiger partial charge in [0, 0.05) is 32.9 Å². The van der Waals surface area contributed by atoms with E-state index in [1.807, 2.05) is 0 Å². The first-order valence-corrected chi connectivity index (χ1v) is 13.6. The molecule has 1 aliphatic rings. The summed E-state index contributed by atoms with van der Waals surface area (Å²) in [6.45, 7) is 7.15. The Morgan fingerprint density at radius 3 is 2.45 bits per heavy atom. The number of methoxy groups -OCH3 is 1. The van der Waals surface area contributed by atoms with Crippen molar-refractivity contribution in [2.45, 2.75) is 58.0 Å². The fourth-order valence-corrected chi connectivity index (χ4v) is 4.98. The van der Waals surface area contributed by atoms with Crippen molar-refractivity contribution in [1.29, 1.82) is 0 Å². The van der Waals surface area contributed by atoms with Gasteiger partial charge in [-0.3, -0.25) is 4.79 Å². The molecule has 3 heterocycles. The zero-order valence-corrected chi connectivity index (χ0v) is 24.8. The molecule has 3 aromatic rings. The number of hydrogen-bond donors (Lipinski definition) is 1. The lowest BCUT2D eigenvalue weighted by atomic mass is 10.0. The van der Waals surface area contributed by atoms with E-state index >= 15 is 0 Å². The number of carbonyl (C=O) groups is 2. The second-order valence-electron chi connectivity index (χ2n) is 11.1. The molecule has 2 aromatic heterocycles. The molecule has 3 atom stereocenters. The Hall–Kier alpha value is -3.65. The molecule has 1 aromatic carbocycles. The minimum absolute atomic E-state index is 0.000526. The number of anilines is 2. The minimum atomic E-state index is -4.74. The third-order valence-corrected chi connectivity index (χ3v) is 7.02. The number of carbonyl (C=O) groups excluding carboxylic acids is 2. The van der Waals surface area contributed by atoms with Gasteiger partial charge in [0.1, 0.15) is 5.60 Å². The number of hydrogen-bond acceptors (Lipinski definition) is 8. The van der Waals surface area contributed by atoms with Gasteiger partial charge in [-0.25, -0.2) is 9.78 Å². The van der Waals surface area contributed by atoms with Crippen LogP contribution in [0.3, 0.4) is 0 Å². The number of rotatable bonds is 7. The van der Waals surface area contributed by atoms with Crippen molar-refractivity contribution in [2.75, 3.05) is 32.6 Å². The first-order chi connectivity index (χ1) is 19.6. The van der Waals surface area contributed by atoms with Crippen molar-refractivity contribution < 1.29 is 32.2 Å². The lowest BCUT2D eigenvalue weighted by molar-refractivity contribution is -0.190. The monoisotopic (exact) mass is 611 g/mol. The number of fused-ring (bicyclic) bond motifs is 1. The van der Waals surface area contributed by atoms with E-state index in [0.29, 0.717) is 22.0 Å². The Kier molecular flexibility index (Phi) is 8.88. The predicted molar refractivity (Wildman–Crippen MR) is 148 cm³/mol. The number of amides is 2. The molecular weight excluding hydrogens is 579 g/mol. The molecule has 0 bridgehead atoms. The molecular formula is C27H33ClF3N7O4. The zero-order valence-electron chi connectivity index (χ0n) is 24.1. The van der Waals surface area contributed by atoms with Crippen molar-refractivity contribution in [3.05, 3.63) is 47.0 Å². The van der Waals surface area contributed by atoms with Gasteiger partial charge < -0.3 is 24.6 Å². The Bertz CT molecular complexity index is 1440. The number of ether oxygens (including phenoxy) is 2. The Morgan fingerprint density at radius 2 is 1.86 bits per heavy atom. The van der Waals surface area contributed by atoms with Crippen LogP contribution in [0.2, 0.25) is 5.28 Å². The molecule has 0 radical (unpaired) electrons. The van der Waals surface area contributed by atoms with Gasteiger partial charge in [0.05, 0.1) is 29.6 Å². The van der Waals surface area contributed by atoms with Crippen LogP contribution in [0.4, 0.5) is 29.3 Å². The van der Waals surface area contributed by atoms with Crippen LogP contribution in [-0.4, -0.2) is 80.4 Å². The van der Waals surface area contributed by atoms with Crippen molar-refractivity contribution in [2.24, 2.45) is 5.92 Å². The number of benzene rings is 1. The second-order valence-corrected chi connectivity index (χ2v) is 11.4. The Labute approximate surface area is 245 Å². The molecule has 1 unspecified atom stereocenters. The van der Waals surface area contributed by atoms with Crippen LogP contribution >= 0.6 is 11.6 Å². The Morgan fingerprint density at radius 1 is 1.19 bits per heavy atom. The van der Waals surface area contributed by atoms with E-state index in [0.717, 1.165) is 7.05 Å². The van der Waals surface area contributed by atoms with Crippen molar-refractivity contribution in [1.82, 2.24) is 29.4 Å². The molecule has 15 heteroatoms. The van der Waals surface area contributed by atoms with Crippen LogP contribution in [0.15, 0.2) is 30.5 Å². The third-order valence-electron chi connectivity index (χ3n) is 6.86. The molecule has 228 valence electrons. The summed E-state index contributed by atoms with van der Waals surface area (Å²) in [6, 6.07) is 3.39. The van der Waals surface area contributed by atoms with E-state index in [9.17, 15) is 22.8 Å². The highest BCUT2D eigenvalue weighted by molar-refractivity contribution is 6.28. The molecule has 1 saturated heterocycles. The summed E-state index contributed by atoms with van der Waals surface area (Å²) in [4.78, 5) is 35.9. The number of halogens is 4. The van der Waals surface area contributed by atoms with Gasteiger partial charge in [-0.2, -0.15) is 22.7 Å². The van der Waals surface area contributed by atoms with E-state index in [1.165, 1.54) is 47.0 Å². The van der Waals surface area contributed by atoms with Gasteiger partial charge in [-0.15, -0.1) is 5.10 Å². The highest BCUT2D eigenvalue weighted by atomic mass is 35.5. The number of nitrogens with one attached hydrogen (secondary N) is 1. The fraction of sp³-hybridized carbons (Fsp3) is 0.519. The molecule has 1 aliphatic heterocycles. The highest BCUT2D eigenvalue weighted by Gasteiger charge is 2.47. The average Bonchev–Trinajstić information content (AvgIpc) is 3.53. The normalized spacial score (nSPS) is 17.3. The van der Waals surface area contributed by atoms with E-state index in [-0.39, 0.29) is 36.1 Å². The SMILES string of the molecule is CO[C@@H](C)c1c(Nc2ccc([C@H](N(C)C(=O)C3CCN(C(=O)OC(C)(C)C)C3)C(F)(F)F)cc2)cnc2nc(Cl)nn12. The lowest BCUT2D eigenvalue weighted by Crippen LogP contribution is -2.43. The van der Waals surface area contributed by atoms with Gasteiger partial charge in [-0.05, 0) is 63.4 Å². The maximum Gasteiger partial charge on any atom is 0.413 e. The van der Waals surface area contributed by atoms with Gasteiger partial charge in [0.25, 0.3) is 5.78 Å². The summed E-state index contributed by atoms with van der Waals surface area (Å²) >= 11 is 5.95. The highest BCUT2D eigenvalue weighted by Crippen LogP contribution is 2.39. The summed E-state index contributed by atoms with van der Waals surface area (Å²) in [5.74, 6) is -1.21. The zero-order chi connectivity index (χ0) is 31.0. The molecule has 0 saturated carbocycles. The summed E-state index contributed by atoms with van der Waals surface area (Å²) in [5, 5.41) is 7.28. The number of alkyl halides is 3. The lowest BCUT2D eigenvalue weighted by Gasteiger charge is -2.32. The third kappa shape index (κ3) is 6.86. The first kappa shape index (κ1) is 31.3. The topological polar surface area (TPSA) is 114 Å². The number of aromatic nitrogens is 4. The van der Waals surface area contributed by atoms with Crippen molar-refractivity contribution in [3.63, 3.8) is 0 Å². The molecule has 1 N–H and O–H groups in total. The molecule has 4 rings (SSSR count). The van der Waals surface area contributed by atoms with Crippen LogP contribution in [-0.2, 0) is 14.3 Å². The van der Waals surface area contributed by atoms with Gasteiger partial charge >= 0.3 is 12.3 Å². The van der Waals surface area contributed by atoms with E-state index in [4.69, 9.17) is 21.1 Å². The van der Waals surface area contributed by atoms with Crippen molar-refractivity contribution in [3.8, 4) is 0 Å². The van der Waals surface area contributed by atoms with E-state index < -0.39 is 41.8 Å². The maximum absolute atomic E-state index is 14.3. The van der Waals surface area contributed by atoms with E-state index in [1.54, 1.807) is 27.7 Å². The number of likely N-dealkylation sites (tertiary alicyclic amines) is 1. The molecule has 42 heavy (non-hydrogen) atoms. The summed E-state index contributed by atoms with van der Waals surface area (Å²) in [5.41, 5.74) is 0.667. The van der Waals surface area contributed by atoms with Gasteiger partial charge in [-0.1, -0.05) is 12.1 Å². The predicted octanol–water partition coefficient (Wildman–Crippen LogP) is 5.55. The van der Waals surface area contributed by atoms with Crippen LogP contribution in [0.5, 0.6) is 0 Å². The quantitative estimate of drug-likeness (QED) is 0.370. The molecule has 0 aliphatic carbocycles. The molecule has 0 spiro atoms. The minimum Gasteiger partial charge on any atom is -0.444 e. The summed E-state index contributed by atoms with van der Waals surface area (Å²) < 4.78 is 55.2. The Balaban J connectivity index is 1.53. The maximum atomic E-state index is 14.3. The van der Waals surface area contributed by atoms with Crippen LogP contribution in [0, 0.1) is 5.92 Å². The largest absolute Gasteiger partial charge is 0.444 e. The number of nitrogens with zero attached hydrogens (tertiary/aromatic N) is 6. The van der Waals surface area contributed by atoms with Crippen LogP contribution < -0.4 is 5.32 Å². The molecule has 2 amide bonds. The summed E-state index contributed by atoms with van der Waals surface area (Å²) in [7, 11) is 2.65. The first-order valence-electron chi connectivity index (χ1n) is 13.2. The molecule has 1 fully saturated rings. The molecule has 11 nitrogen and oxygen atoms in total. The average molecular weight is 612 g/mol. The van der Waals surface area contributed by atoms with Gasteiger partial charge in [0.2, 0.25) is 11.2 Å². The van der Waals surface area contributed by atoms with Crippen LogP contribution in [0.1, 0.15) is 57.5 Å². The summed E-state index contributed by atoms with van der Waals surface area (Å²) in [6.07, 6.45) is -4.04. The van der Waals surface area contributed by atoms with Crippen LogP contribution in [0.25, 0.3) is 5.78 Å². The smallest absolute Gasteiger partial charge is 0.413 e. The van der Waals surface area contributed by atoms with Crippen molar-refractivity contribution >= 4 is 40.8 Å². The van der Waals surface area contributed by atoms with Gasteiger partial charge in [0.15, 0.2) is 6.04 Å². The standard InChI is InChI=1S/C27H33ClF3N7O4/c1-15(41-6)20-19(13-32-24-34-23(28)35-38(20)24)33-18-9-7-16(8-10-18)21(27(29,30)31)36(5)22(39)17-11-12-37(14-17)25(40)42-26(2,3)4/h7-10,13,15,17,21,33H,11-12,14H2,1-6H3/t15-,17?,21-/m0/s1. The second kappa shape index (κ2) is 11.9. The fourth-order valence-electron chi connectivity index (χ4n) is 4.83. The van der Waals surface area contributed by atoms with E-state index in [2.05, 4.69) is 20.4 Å².